The number of nitriles is 1. The molecule has 0 amide bonds. The fraction of sp³-hybridized carbons (Fsp3) is 0.500. The van der Waals surface area contributed by atoms with E-state index in [1.807, 2.05) is 18.3 Å². The van der Waals surface area contributed by atoms with E-state index in [4.69, 9.17) is 0 Å². The Morgan fingerprint density at radius 1 is 1.47 bits per heavy atom. The van der Waals surface area contributed by atoms with Gasteiger partial charge in [-0.2, -0.15) is 5.26 Å². The smallest absolute Gasteiger partial charge is 0.129 e. The summed E-state index contributed by atoms with van der Waals surface area (Å²) in [4.78, 5) is 8.97. The molecule has 17 heavy (non-hydrogen) atoms. The first kappa shape index (κ1) is 11.0. The second-order valence-corrected chi connectivity index (χ2v) is 5.48. The fourth-order valence-corrected chi connectivity index (χ4v) is 3.03. The van der Waals surface area contributed by atoms with Gasteiger partial charge in [0, 0.05) is 36.3 Å². The molecule has 3 atom stereocenters. The lowest BCUT2D eigenvalue weighted by Gasteiger charge is -2.38. The summed E-state index contributed by atoms with van der Waals surface area (Å²) in [5, 5.41) is 9.18. The van der Waals surface area contributed by atoms with Gasteiger partial charge in [-0.3, -0.25) is 4.90 Å². The van der Waals surface area contributed by atoms with E-state index < -0.39 is 0 Å². The zero-order chi connectivity index (χ0) is 11.8. The molecule has 0 aromatic carbocycles. The second kappa shape index (κ2) is 4.28. The summed E-state index contributed by atoms with van der Waals surface area (Å²) in [7, 11) is 0. The van der Waals surface area contributed by atoms with Crippen molar-refractivity contribution in [3.63, 3.8) is 0 Å². The van der Waals surface area contributed by atoms with Gasteiger partial charge in [-0.15, -0.1) is 0 Å². The normalized spacial score (nSPS) is 31.3. The molecule has 2 saturated heterocycles. The van der Waals surface area contributed by atoms with E-state index in [2.05, 4.69) is 36.8 Å². The van der Waals surface area contributed by atoms with Gasteiger partial charge in [-0.25, -0.2) is 4.98 Å². The summed E-state index contributed by atoms with van der Waals surface area (Å²) >= 11 is 3.47. The van der Waals surface area contributed by atoms with E-state index in [9.17, 15) is 5.26 Å². The van der Waals surface area contributed by atoms with Crippen LogP contribution in [0.25, 0.3) is 0 Å². The lowest BCUT2D eigenvalue weighted by Crippen LogP contribution is -2.52. The Hall–Kier alpha value is -1.12. The first-order chi connectivity index (χ1) is 8.28. The summed E-state index contributed by atoms with van der Waals surface area (Å²) in [6.45, 7) is 2.80. The molecule has 2 fully saturated rings. The number of halogens is 1. The summed E-state index contributed by atoms with van der Waals surface area (Å²) in [5.74, 6) is 0.978. The largest absolute Gasteiger partial charge is 0.350 e. The van der Waals surface area contributed by atoms with Crippen LogP contribution in [0.5, 0.6) is 0 Å². The highest BCUT2D eigenvalue weighted by atomic mass is 79.9. The quantitative estimate of drug-likeness (QED) is 0.789. The van der Waals surface area contributed by atoms with Gasteiger partial charge in [0.25, 0.3) is 0 Å². The van der Waals surface area contributed by atoms with E-state index in [0.717, 1.165) is 36.3 Å². The zero-order valence-corrected chi connectivity index (χ0v) is 11.0. The van der Waals surface area contributed by atoms with Crippen molar-refractivity contribution in [1.29, 1.82) is 5.26 Å². The molecule has 0 spiro atoms. The third-order valence-electron chi connectivity index (χ3n) is 3.60. The number of aromatic nitrogens is 1. The number of anilines is 1. The molecule has 2 aliphatic rings. The number of rotatable bonds is 1. The van der Waals surface area contributed by atoms with Crippen LogP contribution in [0.15, 0.2) is 22.8 Å². The zero-order valence-electron chi connectivity index (χ0n) is 9.38. The Bertz CT molecular complexity index is 470. The topological polar surface area (TPSA) is 43.2 Å². The molecule has 0 N–H and O–H groups in total. The predicted molar refractivity (Wildman–Crippen MR) is 68.7 cm³/mol. The van der Waals surface area contributed by atoms with Crippen molar-refractivity contribution in [3.8, 4) is 6.07 Å². The highest BCUT2D eigenvalue weighted by Crippen LogP contribution is 2.29. The van der Waals surface area contributed by atoms with Crippen molar-refractivity contribution >= 4 is 21.7 Å². The van der Waals surface area contributed by atoms with Crippen molar-refractivity contribution in [2.45, 2.75) is 18.5 Å². The van der Waals surface area contributed by atoms with Gasteiger partial charge in [0.1, 0.15) is 11.9 Å². The van der Waals surface area contributed by atoms with Crippen LogP contribution >= 0.6 is 15.9 Å². The number of pyridine rings is 1. The highest BCUT2D eigenvalue weighted by Gasteiger charge is 2.39. The molecule has 4 nitrogen and oxygen atoms in total. The molecule has 1 aromatic rings. The molecule has 0 aliphatic carbocycles. The van der Waals surface area contributed by atoms with Crippen LogP contribution in [0.3, 0.4) is 0 Å². The maximum atomic E-state index is 9.18. The minimum Gasteiger partial charge on any atom is -0.350 e. The van der Waals surface area contributed by atoms with Gasteiger partial charge in [0.2, 0.25) is 0 Å². The van der Waals surface area contributed by atoms with Crippen LogP contribution in [0.2, 0.25) is 0 Å². The maximum Gasteiger partial charge on any atom is 0.129 e. The van der Waals surface area contributed by atoms with Crippen molar-refractivity contribution in [1.82, 2.24) is 9.88 Å². The Kier molecular flexibility index (Phi) is 2.77. The molecule has 3 heterocycles. The third kappa shape index (κ3) is 1.92. The predicted octanol–water partition coefficient (Wildman–Crippen LogP) is 1.63. The molecular formula is C12H13BrN4. The monoisotopic (exact) mass is 292 g/mol. The van der Waals surface area contributed by atoms with Crippen LogP contribution in [-0.2, 0) is 0 Å². The molecule has 1 aromatic heterocycles. The minimum atomic E-state index is 0.00883. The van der Waals surface area contributed by atoms with Crippen molar-refractivity contribution < 1.29 is 0 Å². The number of nitrogens with zero attached hydrogens (tertiary/aromatic N) is 4. The minimum absolute atomic E-state index is 0.00883. The first-order valence-corrected chi connectivity index (χ1v) is 6.59. The van der Waals surface area contributed by atoms with Gasteiger partial charge in [0.05, 0.1) is 6.07 Å². The summed E-state index contributed by atoms with van der Waals surface area (Å²) in [5.41, 5.74) is 0. The number of piperazine rings is 1. The molecular weight excluding hydrogens is 280 g/mol. The van der Waals surface area contributed by atoms with Crippen LogP contribution in [0, 0.1) is 11.3 Å². The summed E-state index contributed by atoms with van der Waals surface area (Å²) in [6, 6.07) is 6.87. The van der Waals surface area contributed by atoms with Gasteiger partial charge in [-0.05, 0) is 18.6 Å². The Labute approximate surface area is 109 Å². The van der Waals surface area contributed by atoms with Crippen molar-refractivity contribution in [2.24, 2.45) is 0 Å². The fourth-order valence-electron chi connectivity index (χ4n) is 2.71. The lowest BCUT2D eigenvalue weighted by molar-refractivity contribution is 0.259. The van der Waals surface area contributed by atoms with Gasteiger partial charge < -0.3 is 4.90 Å². The third-order valence-corrected chi connectivity index (χ3v) is 4.09. The molecule has 0 saturated carbocycles. The number of hydrogen-bond donors (Lipinski definition) is 0. The molecule has 5 heteroatoms. The van der Waals surface area contributed by atoms with Crippen molar-refractivity contribution in [2.75, 3.05) is 24.5 Å². The Morgan fingerprint density at radius 2 is 2.35 bits per heavy atom. The summed E-state index contributed by atoms with van der Waals surface area (Å²) < 4.78 is 1.04. The van der Waals surface area contributed by atoms with Crippen LogP contribution < -0.4 is 4.90 Å². The van der Waals surface area contributed by atoms with Crippen LogP contribution in [-0.4, -0.2) is 41.6 Å². The van der Waals surface area contributed by atoms with E-state index in [1.165, 1.54) is 0 Å². The first-order valence-electron chi connectivity index (χ1n) is 5.80. The molecule has 2 aliphatic heterocycles. The SMILES string of the molecule is N#CC1CN(c2cc(Br)ccn2)C2CCN1C2. The average Bonchev–Trinajstić information content (AvgIpc) is 2.74. The Balaban J connectivity index is 1.90. The van der Waals surface area contributed by atoms with E-state index in [1.54, 1.807) is 0 Å². The molecule has 3 rings (SSSR count). The van der Waals surface area contributed by atoms with E-state index in [-0.39, 0.29) is 6.04 Å². The van der Waals surface area contributed by atoms with Crippen molar-refractivity contribution in [3.05, 3.63) is 22.8 Å². The second-order valence-electron chi connectivity index (χ2n) is 4.57. The lowest BCUT2D eigenvalue weighted by atomic mass is 10.1. The standard InChI is InChI=1S/C12H13BrN4/c13-9-1-3-15-12(5-9)17-8-11(6-14)16-4-2-10(17)7-16/h1,3,5,10-11H,2,4,7-8H2. The van der Waals surface area contributed by atoms with Gasteiger partial charge >= 0.3 is 0 Å². The molecule has 88 valence electrons. The Morgan fingerprint density at radius 3 is 3.12 bits per heavy atom. The number of fused-ring (bicyclic) bond motifs is 2. The van der Waals surface area contributed by atoms with Gasteiger partial charge in [-0.1, -0.05) is 15.9 Å². The van der Waals surface area contributed by atoms with Gasteiger partial charge in [0.15, 0.2) is 0 Å². The van der Waals surface area contributed by atoms with E-state index >= 15 is 0 Å². The number of hydrogen-bond acceptors (Lipinski definition) is 4. The highest BCUT2D eigenvalue weighted by molar-refractivity contribution is 9.10. The van der Waals surface area contributed by atoms with Crippen LogP contribution in [0.4, 0.5) is 5.82 Å². The molecule has 2 bridgehead atoms. The van der Waals surface area contributed by atoms with Crippen LogP contribution in [0.1, 0.15) is 6.42 Å². The summed E-state index contributed by atoms with van der Waals surface area (Å²) in [6.07, 6.45) is 2.94. The molecule has 3 unspecified atom stereocenters. The molecule has 0 radical (unpaired) electrons. The van der Waals surface area contributed by atoms with E-state index in [0.29, 0.717) is 6.04 Å². The maximum absolute atomic E-state index is 9.18. The average molecular weight is 293 g/mol.